The zero-order chi connectivity index (χ0) is 6.85. The quantitative estimate of drug-likeness (QED) is 0.558. The third-order valence-electron chi connectivity index (χ3n) is 1.16. The van der Waals surface area contributed by atoms with Gasteiger partial charge in [-0.2, -0.15) is 0 Å². The van der Waals surface area contributed by atoms with Gasteiger partial charge in [0.1, 0.15) is 11.6 Å². The third kappa shape index (κ3) is 1.02. The van der Waals surface area contributed by atoms with Gasteiger partial charge in [-0.3, -0.25) is 0 Å². The van der Waals surface area contributed by atoms with Gasteiger partial charge in [0.05, 0.1) is 0 Å². The Bertz CT molecular complexity index is 200. The predicted molar refractivity (Wildman–Crippen MR) is 31.6 cm³/mol. The highest BCUT2D eigenvalue weighted by atomic mass is 19.1. The maximum Gasteiger partial charge on any atom is 0.129 e. The van der Waals surface area contributed by atoms with Crippen LogP contribution in [0, 0.1) is 18.8 Å². The van der Waals surface area contributed by atoms with E-state index in [1.54, 1.807) is 0 Å². The van der Waals surface area contributed by atoms with Crippen LogP contribution in [0.5, 0.6) is 5.75 Å². The second kappa shape index (κ2) is 2.05. The van der Waals surface area contributed by atoms with Crippen molar-refractivity contribution in [1.82, 2.24) is 0 Å². The van der Waals surface area contributed by atoms with Crippen LogP contribution >= 0.6 is 0 Å². The van der Waals surface area contributed by atoms with Gasteiger partial charge in [0.15, 0.2) is 0 Å². The lowest BCUT2D eigenvalue weighted by Crippen LogP contribution is -1.80. The molecule has 47 valence electrons. The molecule has 0 bridgehead atoms. The number of phenolic OH excluding ortho intramolecular Hbond substituents is 1. The molecule has 1 N–H and O–H groups in total. The fraction of sp³-hybridized carbons (Fsp3) is 0.143. The molecule has 0 atom stereocenters. The second-order valence-electron chi connectivity index (χ2n) is 1.80. The van der Waals surface area contributed by atoms with Gasteiger partial charge in [-0.1, -0.05) is 0 Å². The molecule has 0 amide bonds. The standard InChI is InChI=1S/C7H6FO/c1-5-6(8)3-2-4-7(5)9/h2-3,9H,1H3. The lowest BCUT2D eigenvalue weighted by atomic mass is 10.2. The number of rotatable bonds is 0. The summed E-state index contributed by atoms with van der Waals surface area (Å²) in [5, 5.41) is 8.80. The van der Waals surface area contributed by atoms with E-state index in [0.29, 0.717) is 0 Å². The van der Waals surface area contributed by atoms with E-state index < -0.39 is 5.82 Å². The van der Waals surface area contributed by atoms with E-state index in [1.165, 1.54) is 19.1 Å². The molecular weight excluding hydrogens is 119 g/mol. The van der Waals surface area contributed by atoms with Gasteiger partial charge in [0.25, 0.3) is 0 Å². The Morgan fingerprint density at radius 3 is 2.78 bits per heavy atom. The number of phenols is 1. The van der Waals surface area contributed by atoms with Crippen LogP contribution in [0.3, 0.4) is 0 Å². The Kier molecular flexibility index (Phi) is 1.39. The van der Waals surface area contributed by atoms with Gasteiger partial charge in [0.2, 0.25) is 0 Å². The fourth-order valence-electron chi connectivity index (χ4n) is 0.540. The van der Waals surface area contributed by atoms with Crippen LogP contribution in [0.1, 0.15) is 5.56 Å². The first-order valence-corrected chi connectivity index (χ1v) is 2.57. The highest BCUT2D eigenvalue weighted by Gasteiger charge is 1.98. The Hall–Kier alpha value is -1.05. The smallest absolute Gasteiger partial charge is 0.129 e. The Labute approximate surface area is 52.8 Å². The summed E-state index contributed by atoms with van der Waals surface area (Å²) in [7, 11) is 0. The van der Waals surface area contributed by atoms with Gasteiger partial charge < -0.3 is 5.11 Å². The number of hydrogen-bond donors (Lipinski definition) is 1. The fourth-order valence-corrected chi connectivity index (χ4v) is 0.540. The maximum atomic E-state index is 12.4. The molecule has 0 aliphatic carbocycles. The molecule has 0 unspecified atom stereocenters. The molecule has 1 nitrogen and oxygen atoms in total. The van der Waals surface area contributed by atoms with Crippen molar-refractivity contribution in [2.45, 2.75) is 6.92 Å². The van der Waals surface area contributed by atoms with Crippen LogP contribution in [-0.2, 0) is 0 Å². The largest absolute Gasteiger partial charge is 0.507 e. The topological polar surface area (TPSA) is 20.2 Å². The lowest BCUT2D eigenvalue weighted by Gasteiger charge is -1.95. The highest BCUT2D eigenvalue weighted by Crippen LogP contribution is 2.16. The zero-order valence-corrected chi connectivity index (χ0v) is 4.98. The molecule has 0 spiro atoms. The van der Waals surface area contributed by atoms with Gasteiger partial charge in [-0.25, -0.2) is 4.39 Å². The van der Waals surface area contributed by atoms with E-state index >= 15 is 0 Å². The van der Waals surface area contributed by atoms with Crippen molar-refractivity contribution in [1.29, 1.82) is 0 Å². The number of halogens is 1. The van der Waals surface area contributed by atoms with E-state index in [9.17, 15) is 4.39 Å². The minimum atomic E-state index is -0.397. The van der Waals surface area contributed by atoms with Crippen molar-refractivity contribution >= 4 is 0 Å². The van der Waals surface area contributed by atoms with Crippen LogP contribution in [-0.4, -0.2) is 5.11 Å². The number of benzene rings is 1. The van der Waals surface area contributed by atoms with Crippen LogP contribution in [0.4, 0.5) is 4.39 Å². The van der Waals surface area contributed by atoms with Crippen molar-refractivity contribution < 1.29 is 9.50 Å². The van der Waals surface area contributed by atoms with Crippen LogP contribution in [0.2, 0.25) is 0 Å². The molecule has 2 heteroatoms. The molecule has 1 rings (SSSR count). The summed E-state index contributed by atoms with van der Waals surface area (Å²) in [6, 6.07) is 5.06. The Morgan fingerprint density at radius 2 is 2.33 bits per heavy atom. The first-order valence-electron chi connectivity index (χ1n) is 2.57. The average molecular weight is 125 g/mol. The highest BCUT2D eigenvalue weighted by molar-refractivity contribution is 5.30. The molecule has 0 aliphatic heterocycles. The zero-order valence-electron chi connectivity index (χ0n) is 4.98. The first-order chi connectivity index (χ1) is 4.22. The van der Waals surface area contributed by atoms with Crippen LogP contribution < -0.4 is 0 Å². The lowest BCUT2D eigenvalue weighted by molar-refractivity contribution is 0.462. The Balaban J connectivity index is 3.25. The summed E-state index contributed by atoms with van der Waals surface area (Å²) in [6.07, 6.45) is 0. The average Bonchev–Trinajstić information content (AvgIpc) is 1.83. The van der Waals surface area contributed by atoms with Gasteiger partial charge >= 0.3 is 0 Å². The van der Waals surface area contributed by atoms with E-state index in [0.717, 1.165) is 0 Å². The molecule has 1 aromatic rings. The van der Waals surface area contributed by atoms with Gasteiger partial charge in [-0.05, 0) is 19.1 Å². The summed E-state index contributed by atoms with van der Waals surface area (Å²) in [5.74, 6) is -0.513. The van der Waals surface area contributed by atoms with E-state index in [-0.39, 0.29) is 11.3 Å². The monoisotopic (exact) mass is 125 g/mol. The minimum Gasteiger partial charge on any atom is -0.507 e. The molecule has 0 saturated heterocycles. The van der Waals surface area contributed by atoms with Crippen LogP contribution in [0.15, 0.2) is 12.1 Å². The molecule has 1 radical (unpaired) electrons. The van der Waals surface area contributed by atoms with Crippen molar-refractivity contribution in [3.05, 3.63) is 29.6 Å². The van der Waals surface area contributed by atoms with E-state index in [1.807, 2.05) is 0 Å². The van der Waals surface area contributed by atoms with Crippen molar-refractivity contribution in [3.63, 3.8) is 0 Å². The van der Waals surface area contributed by atoms with Crippen molar-refractivity contribution in [2.75, 3.05) is 0 Å². The SMILES string of the molecule is Cc1c(O)[c]ccc1F. The first kappa shape index (κ1) is 6.08. The van der Waals surface area contributed by atoms with Gasteiger partial charge in [0, 0.05) is 11.6 Å². The molecular formula is C7H6FO. The van der Waals surface area contributed by atoms with E-state index in [2.05, 4.69) is 6.07 Å². The second-order valence-corrected chi connectivity index (χ2v) is 1.80. The summed E-state index contributed by atoms with van der Waals surface area (Å²) in [4.78, 5) is 0. The molecule has 0 aliphatic rings. The maximum absolute atomic E-state index is 12.4. The summed E-state index contributed by atoms with van der Waals surface area (Å²) in [5.41, 5.74) is 0.248. The molecule has 0 saturated carbocycles. The number of aromatic hydroxyl groups is 1. The third-order valence-corrected chi connectivity index (χ3v) is 1.16. The molecule has 0 fully saturated rings. The predicted octanol–water partition coefficient (Wildman–Crippen LogP) is 1.64. The van der Waals surface area contributed by atoms with Gasteiger partial charge in [-0.15, -0.1) is 0 Å². The van der Waals surface area contributed by atoms with Crippen molar-refractivity contribution in [3.8, 4) is 5.75 Å². The normalized spacial score (nSPS) is 9.56. The van der Waals surface area contributed by atoms with E-state index in [4.69, 9.17) is 5.11 Å². The summed E-state index contributed by atoms with van der Waals surface area (Å²) < 4.78 is 12.4. The van der Waals surface area contributed by atoms with Crippen LogP contribution in [0.25, 0.3) is 0 Å². The Morgan fingerprint density at radius 1 is 1.67 bits per heavy atom. The summed E-state index contributed by atoms with van der Waals surface area (Å²) >= 11 is 0. The van der Waals surface area contributed by atoms with Crippen molar-refractivity contribution in [2.24, 2.45) is 0 Å². The molecule has 1 aromatic carbocycles. The molecule has 0 aromatic heterocycles. The summed E-state index contributed by atoms with van der Waals surface area (Å²) in [6.45, 7) is 1.50. The minimum absolute atomic E-state index is 0.116. The molecule has 0 heterocycles. The number of hydrogen-bond acceptors (Lipinski definition) is 1. The molecule has 9 heavy (non-hydrogen) atoms.